The Morgan fingerprint density at radius 1 is 1.39 bits per heavy atom. The van der Waals surface area contributed by atoms with Crippen molar-refractivity contribution in [2.24, 2.45) is 11.7 Å². The molecule has 1 aliphatic rings. The highest BCUT2D eigenvalue weighted by atomic mass is 32.1. The monoisotopic (exact) mass is 266 g/mol. The molecule has 98 valence electrons. The minimum Gasteiger partial charge on any atom is -0.389 e. The van der Waals surface area contributed by atoms with Gasteiger partial charge in [-0.15, -0.1) is 0 Å². The van der Waals surface area contributed by atoms with E-state index in [1.54, 1.807) is 6.07 Å². The van der Waals surface area contributed by atoms with Gasteiger partial charge in [-0.25, -0.2) is 4.39 Å². The lowest BCUT2D eigenvalue weighted by atomic mass is 9.93. The maximum absolute atomic E-state index is 13.9. The van der Waals surface area contributed by atoms with Crippen LogP contribution >= 0.6 is 12.2 Å². The second-order valence-electron chi connectivity index (χ2n) is 5.18. The predicted octanol–water partition coefficient (Wildman–Crippen LogP) is 3.08. The molecule has 2 rings (SSSR count). The fourth-order valence-corrected chi connectivity index (χ4v) is 2.82. The van der Waals surface area contributed by atoms with Crippen LogP contribution < -0.4 is 10.6 Å². The number of benzene rings is 1. The van der Waals surface area contributed by atoms with E-state index in [1.807, 2.05) is 6.07 Å². The molecule has 4 heteroatoms. The van der Waals surface area contributed by atoms with Crippen molar-refractivity contribution in [3.05, 3.63) is 29.6 Å². The third kappa shape index (κ3) is 2.48. The Hall–Kier alpha value is -1.16. The summed E-state index contributed by atoms with van der Waals surface area (Å²) < 4.78 is 13.9. The quantitative estimate of drug-likeness (QED) is 0.834. The Morgan fingerprint density at radius 3 is 2.78 bits per heavy atom. The molecule has 1 aromatic rings. The van der Waals surface area contributed by atoms with Crippen LogP contribution in [0.4, 0.5) is 10.1 Å². The smallest absolute Gasteiger partial charge is 0.135 e. The Balaban J connectivity index is 2.43. The number of hydrogen-bond donors (Lipinski definition) is 1. The number of anilines is 1. The largest absolute Gasteiger partial charge is 0.389 e. The van der Waals surface area contributed by atoms with Crippen molar-refractivity contribution < 1.29 is 4.39 Å². The van der Waals surface area contributed by atoms with Gasteiger partial charge < -0.3 is 10.6 Å². The van der Waals surface area contributed by atoms with E-state index < -0.39 is 0 Å². The number of thiocarbonyl (C=S) groups is 1. The number of nitrogens with zero attached hydrogens (tertiary/aromatic N) is 1. The van der Waals surface area contributed by atoms with Gasteiger partial charge >= 0.3 is 0 Å². The number of halogens is 1. The van der Waals surface area contributed by atoms with Gasteiger partial charge in [0.05, 0.1) is 11.3 Å². The van der Waals surface area contributed by atoms with Crippen LogP contribution in [0.25, 0.3) is 0 Å². The first kappa shape index (κ1) is 13.3. The van der Waals surface area contributed by atoms with Gasteiger partial charge in [-0.1, -0.05) is 25.2 Å². The normalized spacial score (nSPS) is 24.1. The lowest BCUT2D eigenvalue weighted by molar-refractivity contribution is 0.390. The van der Waals surface area contributed by atoms with E-state index in [0.717, 1.165) is 18.7 Å². The second-order valence-corrected chi connectivity index (χ2v) is 5.62. The molecule has 1 saturated heterocycles. The topological polar surface area (TPSA) is 29.3 Å². The van der Waals surface area contributed by atoms with Crippen molar-refractivity contribution in [3.8, 4) is 0 Å². The molecule has 1 aliphatic heterocycles. The van der Waals surface area contributed by atoms with Crippen LogP contribution in [0.1, 0.15) is 32.3 Å². The third-order valence-corrected chi connectivity index (χ3v) is 3.87. The zero-order valence-electron chi connectivity index (χ0n) is 10.8. The molecule has 2 atom stereocenters. The van der Waals surface area contributed by atoms with Gasteiger partial charge in [-0.05, 0) is 37.8 Å². The van der Waals surface area contributed by atoms with Crippen LogP contribution in [0.5, 0.6) is 0 Å². The van der Waals surface area contributed by atoms with E-state index >= 15 is 0 Å². The highest BCUT2D eigenvalue weighted by Crippen LogP contribution is 2.31. The van der Waals surface area contributed by atoms with Crippen LogP contribution in [0.3, 0.4) is 0 Å². The van der Waals surface area contributed by atoms with E-state index in [0.29, 0.717) is 17.5 Å². The van der Waals surface area contributed by atoms with E-state index in [4.69, 9.17) is 18.0 Å². The van der Waals surface area contributed by atoms with Crippen LogP contribution in [-0.2, 0) is 0 Å². The molecule has 0 aliphatic carbocycles. The lowest BCUT2D eigenvalue weighted by Crippen LogP contribution is -2.42. The third-order valence-electron chi connectivity index (χ3n) is 3.67. The summed E-state index contributed by atoms with van der Waals surface area (Å²) in [6.07, 6.45) is 2.34. The van der Waals surface area contributed by atoms with E-state index in [9.17, 15) is 4.39 Å². The van der Waals surface area contributed by atoms with Crippen molar-refractivity contribution in [2.45, 2.75) is 32.7 Å². The maximum Gasteiger partial charge on any atom is 0.135 e. The summed E-state index contributed by atoms with van der Waals surface area (Å²) in [6.45, 7) is 5.32. The number of piperidine rings is 1. The van der Waals surface area contributed by atoms with E-state index in [-0.39, 0.29) is 10.8 Å². The van der Waals surface area contributed by atoms with Gasteiger partial charge in [0.25, 0.3) is 0 Å². The van der Waals surface area contributed by atoms with Crippen LogP contribution in [0.2, 0.25) is 0 Å². The van der Waals surface area contributed by atoms with Crippen molar-refractivity contribution in [1.29, 1.82) is 0 Å². The van der Waals surface area contributed by atoms with Gasteiger partial charge in [-0.3, -0.25) is 0 Å². The van der Waals surface area contributed by atoms with Crippen molar-refractivity contribution >= 4 is 22.9 Å². The highest BCUT2D eigenvalue weighted by molar-refractivity contribution is 7.80. The SMILES string of the molecule is CC1CCC(C)N(c2cccc(F)c2C(N)=S)C1. The summed E-state index contributed by atoms with van der Waals surface area (Å²) in [4.78, 5) is 2.36. The molecule has 2 N–H and O–H groups in total. The first-order chi connectivity index (χ1) is 8.50. The molecule has 0 saturated carbocycles. The summed E-state index contributed by atoms with van der Waals surface area (Å²) in [5, 5.41) is 0. The van der Waals surface area contributed by atoms with Gasteiger partial charge in [0.2, 0.25) is 0 Å². The molecular formula is C14H19FN2S. The molecule has 1 fully saturated rings. The Bertz CT molecular complexity index is 461. The van der Waals surface area contributed by atoms with E-state index in [1.165, 1.54) is 12.5 Å². The fraction of sp³-hybridized carbons (Fsp3) is 0.500. The number of hydrogen-bond acceptors (Lipinski definition) is 2. The van der Waals surface area contributed by atoms with E-state index in [2.05, 4.69) is 18.7 Å². The standard InChI is InChI=1S/C14H19FN2S/c1-9-6-7-10(2)17(8-9)12-5-3-4-11(15)13(12)14(16)18/h3-5,9-10H,6-8H2,1-2H3,(H2,16,18). The summed E-state index contributed by atoms with van der Waals surface area (Å²) in [5.41, 5.74) is 6.88. The van der Waals surface area contributed by atoms with Crippen LogP contribution in [-0.4, -0.2) is 17.6 Å². The first-order valence-electron chi connectivity index (χ1n) is 6.35. The van der Waals surface area contributed by atoms with Crippen molar-refractivity contribution in [1.82, 2.24) is 0 Å². The second kappa shape index (κ2) is 5.22. The summed E-state index contributed by atoms with van der Waals surface area (Å²) in [7, 11) is 0. The molecule has 0 amide bonds. The molecule has 0 spiro atoms. The van der Waals surface area contributed by atoms with Crippen molar-refractivity contribution in [3.63, 3.8) is 0 Å². The molecule has 2 nitrogen and oxygen atoms in total. The Labute approximate surface area is 113 Å². The summed E-state index contributed by atoms with van der Waals surface area (Å²) >= 11 is 4.99. The minimum absolute atomic E-state index is 0.133. The molecular weight excluding hydrogens is 247 g/mol. The average molecular weight is 266 g/mol. The van der Waals surface area contributed by atoms with Crippen LogP contribution in [0, 0.1) is 11.7 Å². The molecule has 0 radical (unpaired) electrons. The van der Waals surface area contributed by atoms with Gasteiger partial charge in [0.15, 0.2) is 0 Å². The molecule has 2 unspecified atom stereocenters. The zero-order valence-corrected chi connectivity index (χ0v) is 11.6. The first-order valence-corrected chi connectivity index (χ1v) is 6.76. The molecule has 0 aromatic heterocycles. The van der Waals surface area contributed by atoms with Gasteiger partial charge in [-0.2, -0.15) is 0 Å². The van der Waals surface area contributed by atoms with Crippen LogP contribution in [0.15, 0.2) is 18.2 Å². The maximum atomic E-state index is 13.9. The summed E-state index contributed by atoms with van der Waals surface area (Å²) in [6, 6.07) is 5.44. The predicted molar refractivity (Wildman–Crippen MR) is 77.5 cm³/mol. The Morgan fingerprint density at radius 2 is 2.11 bits per heavy atom. The van der Waals surface area contributed by atoms with Gasteiger partial charge in [0, 0.05) is 12.6 Å². The summed E-state index contributed by atoms with van der Waals surface area (Å²) in [5.74, 6) is 0.286. The fourth-order valence-electron chi connectivity index (χ4n) is 2.62. The molecule has 18 heavy (non-hydrogen) atoms. The lowest BCUT2D eigenvalue weighted by Gasteiger charge is -2.39. The molecule has 1 aromatic carbocycles. The highest BCUT2D eigenvalue weighted by Gasteiger charge is 2.26. The minimum atomic E-state index is -0.328. The number of rotatable bonds is 2. The zero-order chi connectivity index (χ0) is 13.3. The molecule has 0 bridgehead atoms. The Kier molecular flexibility index (Phi) is 3.85. The average Bonchev–Trinajstić information content (AvgIpc) is 2.31. The molecule has 1 heterocycles. The van der Waals surface area contributed by atoms with Crippen molar-refractivity contribution in [2.75, 3.05) is 11.4 Å². The van der Waals surface area contributed by atoms with Gasteiger partial charge in [0.1, 0.15) is 10.8 Å². The number of nitrogens with two attached hydrogens (primary N) is 1.